The topological polar surface area (TPSA) is 24.7 Å². The van der Waals surface area contributed by atoms with Crippen LogP contribution in [0.1, 0.15) is 16.7 Å². The Morgan fingerprint density at radius 2 is 1.42 bits per heavy atom. The van der Waals surface area contributed by atoms with Crippen LogP contribution in [0.15, 0.2) is 156 Å². The van der Waals surface area contributed by atoms with E-state index >= 15 is 0 Å². The highest BCUT2D eigenvalue weighted by molar-refractivity contribution is 6.16. The van der Waals surface area contributed by atoms with Crippen LogP contribution in [-0.4, -0.2) is 12.4 Å². The third-order valence-electron chi connectivity index (χ3n) is 5.89. The third kappa shape index (κ3) is 6.52. The van der Waals surface area contributed by atoms with Crippen LogP contribution in [0.2, 0.25) is 0 Å². The Morgan fingerprint density at radius 1 is 0.722 bits per heavy atom. The van der Waals surface area contributed by atoms with Crippen LogP contribution in [0.5, 0.6) is 0 Å². The molecule has 0 saturated carbocycles. The largest absolute Gasteiger partial charge is 0.280 e. The van der Waals surface area contributed by atoms with Crippen molar-refractivity contribution in [1.29, 1.82) is 0 Å². The van der Waals surface area contributed by atoms with Gasteiger partial charge < -0.3 is 0 Å². The van der Waals surface area contributed by atoms with Crippen molar-refractivity contribution in [2.24, 2.45) is 9.98 Å². The first-order valence-corrected chi connectivity index (χ1v) is 12.1. The fraction of sp³-hybridized carbons (Fsp3) is 0.0588. The monoisotopic (exact) mass is 466 g/mol. The van der Waals surface area contributed by atoms with E-state index in [4.69, 9.17) is 4.99 Å². The van der Waals surface area contributed by atoms with Gasteiger partial charge in [0.1, 0.15) is 0 Å². The fourth-order valence-corrected chi connectivity index (χ4v) is 3.98. The van der Waals surface area contributed by atoms with Gasteiger partial charge in [-0.1, -0.05) is 134 Å². The normalized spacial score (nSPS) is 15.6. The van der Waals surface area contributed by atoms with Gasteiger partial charge in [-0.05, 0) is 41.5 Å². The van der Waals surface area contributed by atoms with Crippen molar-refractivity contribution in [3.63, 3.8) is 0 Å². The van der Waals surface area contributed by atoms with Gasteiger partial charge in [0, 0.05) is 11.1 Å². The van der Waals surface area contributed by atoms with Gasteiger partial charge in [0.15, 0.2) is 0 Å². The lowest BCUT2D eigenvalue weighted by atomic mass is 9.97. The Bertz CT molecular complexity index is 1360. The van der Waals surface area contributed by atoms with Crippen LogP contribution in [-0.2, 0) is 13.0 Å². The minimum atomic E-state index is 0.604. The minimum absolute atomic E-state index is 0.604. The second kappa shape index (κ2) is 12.8. The molecule has 1 aliphatic rings. The van der Waals surface area contributed by atoms with E-state index in [1.807, 2.05) is 42.5 Å². The first kappa shape index (κ1) is 24.6. The lowest BCUT2D eigenvalue weighted by Crippen LogP contribution is -2.04. The summed E-state index contributed by atoms with van der Waals surface area (Å²) in [6.45, 7) is 8.14. The minimum Gasteiger partial charge on any atom is -0.280 e. The summed E-state index contributed by atoms with van der Waals surface area (Å²) >= 11 is 0. The van der Waals surface area contributed by atoms with Crippen molar-refractivity contribution in [1.82, 2.24) is 0 Å². The van der Waals surface area contributed by atoms with Gasteiger partial charge in [0.2, 0.25) is 0 Å². The van der Waals surface area contributed by atoms with Gasteiger partial charge in [0.05, 0.1) is 18.0 Å². The highest BCUT2D eigenvalue weighted by Crippen LogP contribution is 2.27. The van der Waals surface area contributed by atoms with Crippen molar-refractivity contribution in [2.75, 3.05) is 0 Å². The average molecular weight is 467 g/mol. The van der Waals surface area contributed by atoms with Crippen molar-refractivity contribution in [2.45, 2.75) is 13.0 Å². The van der Waals surface area contributed by atoms with Crippen LogP contribution in [0, 0.1) is 0 Å². The molecular formula is C34H30N2. The molecular weight excluding hydrogens is 436 g/mol. The van der Waals surface area contributed by atoms with E-state index in [0.29, 0.717) is 6.54 Å². The van der Waals surface area contributed by atoms with Gasteiger partial charge >= 0.3 is 0 Å². The molecule has 0 spiro atoms. The van der Waals surface area contributed by atoms with Crippen LogP contribution >= 0.6 is 0 Å². The molecule has 36 heavy (non-hydrogen) atoms. The first-order chi connectivity index (χ1) is 17.8. The van der Waals surface area contributed by atoms with Gasteiger partial charge in [0.25, 0.3) is 0 Å². The summed E-state index contributed by atoms with van der Waals surface area (Å²) in [7, 11) is 0. The molecule has 0 saturated heterocycles. The summed E-state index contributed by atoms with van der Waals surface area (Å²) in [6.07, 6.45) is 18.9. The quantitative estimate of drug-likeness (QED) is 0.223. The second-order valence-electron chi connectivity index (χ2n) is 8.35. The Labute approximate surface area is 214 Å². The van der Waals surface area contributed by atoms with Crippen molar-refractivity contribution in [3.05, 3.63) is 162 Å². The predicted molar refractivity (Wildman–Crippen MR) is 156 cm³/mol. The molecule has 0 heterocycles. The summed E-state index contributed by atoms with van der Waals surface area (Å²) in [6, 6.07) is 27.4. The summed E-state index contributed by atoms with van der Waals surface area (Å²) in [5, 5.41) is 0. The van der Waals surface area contributed by atoms with E-state index in [2.05, 4.69) is 103 Å². The molecule has 0 atom stereocenters. The molecule has 0 N–H and O–H groups in total. The number of nitrogens with zero attached hydrogens (tertiary/aromatic N) is 2. The molecule has 4 rings (SSSR count). The average Bonchev–Trinajstić information content (AvgIpc) is 2.94. The molecule has 0 aliphatic heterocycles. The molecule has 3 aromatic rings. The Morgan fingerprint density at radius 3 is 2.14 bits per heavy atom. The molecule has 0 fully saturated rings. The standard InChI is InChI=1S/C34H30N2/c1-3-4-5-6-8-13-27-18-20-28(21-19-27)26-36-33-17-12-11-16-32(33)34(35-2)31-24-22-30(23-25-31)29-14-9-7-10-15-29/h3-12,14-25H,1-2,13,26H2/b5-4-,8-6-,34-32-,36-33?. The van der Waals surface area contributed by atoms with Crippen LogP contribution in [0.25, 0.3) is 16.8 Å². The van der Waals surface area contributed by atoms with E-state index in [1.54, 1.807) is 6.08 Å². The maximum Gasteiger partial charge on any atom is 0.0788 e. The zero-order chi connectivity index (χ0) is 25.0. The molecule has 2 nitrogen and oxygen atoms in total. The summed E-state index contributed by atoms with van der Waals surface area (Å²) in [5.41, 5.74) is 8.56. The van der Waals surface area contributed by atoms with Gasteiger partial charge in [-0.3, -0.25) is 9.98 Å². The Hall–Kier alpha value is -4.56. The number of benzene rings is 3. The molecule has 3 aromatic carbocycles. The predicted octanol–water partition coefficient (Wildman–Crippen LogP) is 8.37. The van der Waals surface area contributed by atoms with Gasteiger partial charge in [-0.2, -0.15) is 0 Å². The second-order valence-corrected chi connectivity index (χ2v) is 8.35. The van der Waals surface area contributed by atoms with Gasteiger partial charge in [-0.25, -0.2) is 0 Å². The molecule has 0 amide bonds. The number of allylic oxidation sites excluding steroid dienone is 10. The lowest BCUT2D eigenvalue weighted by Gasteiger charge is -2.13. The van der Waals surface area contributed by atoms with E-state index in [1.165, 1.54) is 22.3 Å². The summed E-state index contributed by atoms with van der Waals surface area (Å²) < 4.78 is 0. The molecule has 1 aliphatic carbocycles. The Balaban J connectivity index is 1.51. The zero-order valence-corrected chi connectivity index (χ0v) is 20.4. The molecule has 0 aromatic heterocycles. The van der Waals surface area contributed by atoms with Crippen LogP contribution in [0.3, 0.4) is 0 Å². The zero-order valence-electron chi connectivity index (χ0n) is 20.4. The molecule has 0 bridgehead atoms. The lowest BCUT2D eigenvalue weighted by molar-refractivity contribution is 1.06. The maximum absolute atomic E-state index is 4.92. The number of rotatable bonds is 9. The summed E-state index contributed by atoms with van der Waals surface area (Å²) in [4.78, 5) is 9.32. The first-order valence-electron chi connectivity index (χ1n) is 12.1. The van der Waals surface area contributed by atoms with Crippen LogP contribution < -0.4 is 0 Å². The number of hydrogen-bond donors (Lipinski definition) is 0. The number of aliphatic imine (C=N–C) groups is 2. The SMILES string of the molecule is C=C/C=C\C=C/Cc1ccc(CN=C2C=CC=C/C2=C(/N=C)c2ccc(-c3ccccc3)cc2)cc1. The fourth-order valence-electron chi connectivity index (χ4n) is 3.98. The molecule has 2 heteroatoms. The van der Waals surface area contributed by atoms with E-state index < -0.39 is 0 Å². The number of hydrogen-bond acceptors (Lipinski definition) is 2. The third-order valence-corrected chi connectivity index (χ3v) is 5.89. The maximum atomic E-state index is 4.92. The smallest absolute Gasteiger partial charge is 0.0788 e. The molecule has 0 unspecified atom stereocenters. The van der Waals surface area contributed by atoms with Crippen molar-refractivity contribution in [3.8, 4) is 11.1 Å². The highest BCUT2D eigenvalue weighted by Gasteiger charge is 2.12. The van der Waals surface area contributed by atoms with E-state index in [-0.39, 0.29) is 0 Å². The highest BCUT2D eigenvalue weighted by atomic mass is 14.8. The van der Waals surface area contributed by atoms with E-state index in [9.17, 15) is 0 Å². The van der Waals surface area contributed by atoms with Crippen molar-refractivity contribution >= 4 is 18.1 Å². The van der Waals surface area contributed by atoms with Crippen LogP contribution in [0.4, 0.5) is 0 Å². The molecule has 0 radical (unpaired) electrons. The summed E-state index contributed by atoms with van der Waals surface area (Å²) in [5.74, 6) is 0. The van der Waals surface area contributed by atoms with Gasteiger partial charge in [-0.15, -0.1) is 0 Å². The van der Waals surface area contributed by atoms with E-state index in [0.717, 1.165) is 29.0 Å². The Kier molecular flexibility index (Phi) is 8.72. The van der Waals surface area contributed by atoms with Crippen molar-refractivity contribution < 1.29 is 0 Å². The molecule has 176 valence electrons.